The number of sulfone groups is 2. The fraction of sp³-hybridized carbons (Fsp3) is 0.400. The minimum atomic E-state index is -3.99. The number of esters is 1. The SMILES string of the molecule is CCS(=O)(=O)c1c(S(=O)(=O)CC)c2c(C)cccn2c1C(=O)OC. The highest BCUT2D eigenvalue weighted by Crippen LogP contribution is 2.35. The van der Waals surface area contributed by atoms with Gasteiger partial charge in [-0.15, -0.1) is 0 Å². The number of aromatic nitrogens is 1. The minimum absolute atomic E-state index is 0.187. The molecule has 9 heteroatoms. The second-order valence-corrected chi connectivity index (χ2v) is 9.65. The molecule has 0 amide bonds. The van der Waals surface area contributed by atoms with Crippen LogP contribution in [0.2, 0.25) is 0 Å². The molecule has 0 aliphatic rings. The lowest BCUT2D eigenvalue weighted by atomic mass is 10.2. The number of rotatable bonds is 5. The lowest BCUT2D eigenvalue weighted by molar-refractivity contribution is 0.0588. The Bertz CT molecular complexity index is 1020. The number of nitrogens with zero attached hydrogens (tertiary/aromatic N) is 1. The van der Waals surface area contributed by atoms with Gasteiger partial charge in [-0.2, -0.15) is 0 Å². The molecule has 24 heavy (non-hydrogen) atoms. The van der Waals surface area contributed by atoms with E-state index in [1.807, 2.05) is 0 Å². The van der Waals surface area contributed by atoms with Crippen molar-refractivity contribution in [2.45, 2.75) is 30.6 Å². The zero-order valence-corrected chi connectivity index (χ0v) is 15.5. The molecule has 2 heterocycles. The van der Waals surface area contributed by atoms with Crippen LogP contribution in [0.3, 0.4) is 0 Å². The zero-order valence-electron chi connectivity index (χ0n) is 13.9. The molecule has 0 fully saturated rings. The first-order valence-electron chi connectivity index (χ1n) is 7.29. The van der Waals surface area contributed by atoms with Crippen LogP contribution in [-0.4, -0.2) is 45.8 Å². The van der Waals surface area contributed by atoms with Crippen molar-refractivity contribution in [3.8, 4) is 0 Å². The Morgan fingerprint density at radius 1 is 1.08 bits per heavy atom. The summed E-state index contributed by atoms with van der Waals surface area (Å²) in [6.45, 7) is 4.48. The highest BCUT2D eigenvalue weighted by Gasteiger charge is 2.37. The third-order valence-electron chi connectivity index (χ3n) is 3.83. The Hall–Kier alpha value is -1.87. The molecule has 132 valence electrons. The second kappa shape index (κ2) is 6.21. The fourth-order valence-electron chi connectivity index (χ4n) is 2.57. The summed E-state index contributed by atoms with van der Waals surface area (Å²) in [6.07, 6.45) is 1.46. The molecular formula is C15H19NO6S2. The van der Waals surface area contributed by atoms with Crippen LogP contribution in [0.4, 0.5) is 0 Å². The first kappa shape index (κ1) is 18.5. The molecule has 0 radical (unpaired) electrons. The van der Waals surface area contributed by atoms with Crippen molar-refractivity contribution in [2.24, 2.45) is 0 Å². The van der Waals surface area contributed by atoms with Crippen molar-refractivity contribution in [2.75, 3.05) is 18.6 Å². The van der Waals surface area contributed by atoms with Gasteiger partial charge in [0.15, 0.2) is 25.4 Å². The van der Waals surface area contributed by atoms with E-state index >= 15 is 0 Å². The van der Waals surface area contributed by atoms with Crippen LogP contribution in [0.25, 0.3) is 5.52 Å². The molecular weight excluding hydrogens is 354 g/mol. The van der Waals surface area contributed by atoms with Crippen molar-refractivity contribution in [1.29, 1.82) is 0 Å². The van der Waals surface area contributed by atoms with Crippen LogP contribution >= 0.6 is 0 Å². The zero-order chi connectivity index (χ0) is 18.3. The average Bonchev–Trinajstić information content (AvgIpc) is 2.92. The number of carbonyl (C=O) groups is 1. The third kappa shape index (κ3) is 2.71. The number of ether oxygens (including phenoxy) is 1. The molecule has 0 aliphatic heterocycles. The molecule has 0 saturated carbocycles. The monoisotopic (exact) mass is 373 g/mol. The van der Waals surface area contributed by atoms with Crippen molar-refractivity contribution >= 4 is 31.2 Å². The second-order valence-electron chi connectivity index (χ2n) is 5.22. The van der Waals surface area contributed by atoms with Gasteiger partial charge in [0.05, 0.1) is 24.1 Å². The van der Waals surface area contributed by atoms with E-state index in [1.165, 1.54) is 24.4 Å². The van der Waals surface area contributed by atoms with E-state index in [0.29, 0.717) is 5.56 Å². The van der Waals surface area contributed by atoms with Crippen molar-refractivity contribution in [3.05, 3.63) is 29.6 Å². The number of carbonyl (C=O) groups excluding carboxylic acids is 1. The summed E-state index contributed by atoms with van der Waals surface area (Å²) in [7, 11) is -6.77. The van der Waals surface area contributed by atoms with Gasteiger partial charge < -0.3 is 9.14 Å². The van der Waals surface area contributed by atoms with E-state index in [1.54, 1.807) is 19.1 Å². The molecule has 0 N–H and O–H groups in total. The maximum absolute atomic E-state index is 12.6. The predicted molar refractivity (Wildman–Crippen MR) is 88.9 cm³/mol. The van der Waals surface area contributed by atoms with Gasteiger partial charge in [0.2, 0.25) is 0 Å². The maximum Gasteiger partial charge on any atom is 0.356 e. The third-order valence-corrected chi connectivity index (χ3v) is 7.52. The summed E-state index contributed by atoms with van der Waals surface area (Å²) >= 11 is 0. The molecule has 0 aromatic carbocycles. The molecule has 0 bridgehead atoms. The smallest absolute Gasteiger partial charge is 0.356 e. The van der Waals surface area contributed by atoms with Gasteiger partial charge in [0.25, 0.3) is 0 Å². The normalized spacial score (nSPS) is 12.5. The highest BCUT2D eigenvalue weighted by molar-refractivity contribution is 7.94. The van der Waals surface area contributed by atoms with Crippen molar-refractivity contribution in [1.82, 2.24) is 4.40 Å². The van der Waals surface area contributed by atoms with E-state index in [4.69, 9.17) is 4.74 Å². The van der Waals surface area contributed by atoms with Gasteiger partial charge in [-0.05, 0) is 18.6 Å². The van der Waals surface area contributed by atoms with Crippen LogP contribution in [0.5, 0.6) is 0 Å². The van der Waals surface area contributed by atoms with Crippen LogP contribution in [0, 0.1) is 6.92 Å². The quantitative estimate of drug-likeness (QED) is 0.739. The number of pyridine rings is 1. The number of fused-ring (bicyclic) bond motifs is 1. The largest absolute Gasteiger partial charge is 0.464 e. The van der Waals surface area contributed by atoms with Crippen molar-refractivity contribution < 1.29 is 26.4 Å². The van der Waals surface area contributed by atoms with Gasteiger partial charge in [-0.25, -0.2) is 21.6 Å². The Morgan fingerprint density at radius 2 is 1.62 bits per heavy atom. The summed E-state index contributed by atoms with van der Waals surface area (Å²) in [5.74, 6) is -1.52. The molecule has 0 unspecified atom stereocenters. The van der Waals surface area contributed by atoms with E-state index in [-0.39, 0.29) is 27.6 Å². The van der Waals surface area contributed by atoms with Gasteiger partial charge in [-0.3, -0.25) is 0 Å². The van der Waals surface area contributed by atoms with Crippen molar-refractivity contribution in [3.63, 3.8) is 0 Å². The molecule has 0 aliphatic carbocycles. The summed E-state index contributed by atoms with van der Waals surface area (Å²) in [5.41, 5.74) is 0.448. The number of methoxy groups -OCH3 is 1. The number of hydrogen-bond acceptors (Lipinski definition) is 6. The Kier molecular flexibility index (Phi) is 4.78. The summed E-state index contributed by atoms with van der Waals surface area (Å²) < 4.78 is 56.5. The topological polar surface area (TPSA) is 99.0 Å². The molecule has 7 nitrogen and oxygen atoms in total. The number of aryl methyl sites for hydroxylation is 1. The molecule has 0 spiro atoms. The average molecular weight is 373 g/mol. The van der Waals surface area contributed by atoms with E-state index in [0.717, 1.165) is 7.11 Å². The predicted octanol–water partition coefficient (Wildman–Crippen LogP) is 1.62. The Balaban J connectivity index is 3.25. The Labute approximate surface area is 141 Å². The molecule has 2 rings (SSSR count). The van der Waals surface area contributed by atoms with Gasteiger partial charge in [-0.1, -0.05) is 19.9 Å². The summed E-state index contributed by atoms with van der Waals surface area (Å²) in [4.78, 5) is 11.4. The van der Waals surface area contributed by atoms with E-state index in [9.17, 15) is 21.6 Å². The van der Waals surface area contributed by atoms with Gasteiger partial charge in [0.1, 0.15) is 9.79 Å². The lowest BCUT2D eigenvalue weighted by Crippen LogP contribution is -2.16. The Morgan fingerprint density at radius 3 is 2.12 bits per heavy atom. The highest BCUT2D eigenvalue weighted by atomic mass is 32.2. The standard InChI is InChI=1S/C15H19NO6S2/c1-5-23(18,19)13-11-10(3)8-7-9-16(11)12(15(17)22-4)14(13)24(20,21)6-2/h7-9H,5-6H2,1-4H3. The van der Waals surface area contributed by atoms with E-state index in [2.05, 4.69) is 0 Å². The van der Waals surface area contributed by atoms with Crippen LogP contribution in [0.1, 0.15) is 29.9 Å². The summed E-state index contributed by atoms with van der Waals surface area (Å²) in [6, 6.07) is 3.27. The molecule has 0 saturated heterocycles. The van der Waals surface area contributed by atoms with Gasteiger partial charge >= 0.3 is 5.97 Å². The number of hydrogen-bond donors (Lipinski definition) is 0. The minimum Gasteiger partial charge on any atom is -0.464 e. The van der Waals surface area contributed by atoms with Crippen LogP contribution < -0.4 is 0 Å². The summed E-state index contributed by atoms with van der Waals surface area (Å²) in [5, 5.41) is 0. The van der Waals surface area contributed by atoms with Gasteiger partial charge in [0, 0.05) is 6.20 Å². The lowest BCUT2D eigenvalue weighted by Gasteiger charge is -2.07. The first-order valence-corrected chi connectivity index (χ1v) is 10.6. The molecule has 2 aromatic rings. The molecule has 0 atom stereocenters. The maximum atomic E-state index is 12.6. The first-order chi connectivity index (χ1) is 11.1. The van der Waals surface area contributed by atoms with Crippen LogP contribution in [0.15, 0.2) is 28.1 Å². The fourth-order valence-corrected chi connectivity index (χ4v) is 5.70. The van der Waals surface area contributed by atoms with E-state index < -0.39 is 30.5 Å². The van der Waals surface area contributed by atoms with Crippen LogP contribution in [-0.2, 0) is 24.4 Å². The molecule has 2 aromatic heterocycles.